The Labute approximate surface area is 116 Å². The van der Waals surface area contributed by atoms with Crippen molar-refractivity contribution in [2.24, 2.45) is 5.92 Å². The van der Waals surface area contributed by atoms with E-state index in [1.807, 2.05) is 6.07 Å². The third kappa shape index (κ3) is 3.03. The third-order valence-electron chi connectivity index (χ3n) is 4.10. The highest BCUT2D eigenvalue weighted by atomic mass is 16.5. The molecule has 0 aliphatic carbocycles. The molecule has 3 nitrogen and oxygen atoms in total. The summed E-state index contributed by atoms with van der Waals surface area (Å²) < 4.78 is 11.0. The molecule has 2 unspecified atom stereocenters. The number of ether oxygens (including phenoxy) is 2. The second-order valence-corrected chi connectivity index (χ2v) is 5.23. The molecule has 1 saturated heterocycles. The predicted molar refractivity (Wildman–Crippen MR) is 78.2 cm³/mol. The minimum atomic E-state index is 0.575. The van der Waals surface area contributed by atoms with Gasteiger partial charge in [0.05, 0.1) is 14.2 Å². The fourth-order valence-corrected chi connectivity index (χ4v) is 3.21. The minimum absolute atomic E-state index is 0.575. The van der Waals surface area contributed by atoms with E-state index in [2.05, 4.69) is 24.4 Å². The molecule has 0 saturated carbocycles. The average molecular weight is 263 g/mol. The first kappa shape index (κ1) is 14.2. The van der Waals surface area contributed by atoms with Gasteiger partial charge in [-0.25, -0.2) is 0 Å². The van der Waals surface area contributed by atoms with E-state index in [1.165, 1.54) is 24.8 Å². The zero-order valence-electron chi connectivity index (χ0n) is 12.2. The van der Waals surface area contributed by atoms with Crippen LogP contribution in [0.4, 0.5) is 0 Å². The molecular weight excluding hydrogens is 238 g/mol. The Balaban J connectivity index is 2.32. The second-order valence-electron chi connectivity index (χ2n) is 5.23. The van der Waals surface area contributed by atoms with Crippen LogP contribution in [0.3, 0.4) is 0 Å². The number of para-hydroxylation sites is 1. The Kier molecular flexibility index (Phi) is 5.08. The maximum Gasteiger partial charge on any atom is 0.164 e. The molecule has 0 aromatic heterocycles. The SMILES string of the molecule is CCCC1CNCCC1c1cccc(OC)c1OC. The number of piperidine rings is 1. The van der Waals surface area contributed by atoms with Gasteiger partial charge in [-0.2, -0.15) is 0 Å². The average Bonchev–Trinajstić information content (AvgIpc) is 2.47. The van der Waals surface area contributed by atoms with Gasteiger partial charge in [-0.1, -0.05) is 25.5 Å². The Morgan fingerprint density at radius 1 is 1.26 bits per heavy atom. The van der Waals surface area contributed by atoms with Crippen LogP contribution in [0, 0.1) is 5.92 Å². The Morgan fingerprint density at radius 2 is 2.11 bits per heavy atom. The maximum atomic E-state index is 5.60. The molecule has 19 heavy (non-hydrogen) atoms. The molecule has 0 bridgehead atoms. The molecule has 1 N–H and O–H groups in total. The van der Waals surface area contributed by atoms with Gasteiger partial charge in [-0.3, -0.25) is 0 Å². The standard InChI is InChI=1S/C16H25NO2/c1-4-6-12-11-17-10-9-13(12)14-7-5-8-15(18-2)16(14)19-3/h5,7-8,12-13,17H,4,6,9-11H2,1-3H3. The molecule has 3 heteroatoms. The van der Waals surface area contributed by atoms with Crippen LogP contribution < -0.4 is 14.8 Å². The molecule has 1 fully saturated rings. The molecule has 1 aliphatic rings. The van der Waals surface area contributed by atoms with E-state index in [0.717, 1.165) is 24.6 Å². The first-order valence-corrected chi connectivity index (χ1v) is 7.23. The van der Waals surface area contributed by atoms with Crippen molar-refractivity contribution in [1.29, 1.82) is 0 Å². The number of methoxy groups -OCH3 is 2. The quantitative estimate of drug-likeness (QED) is 0.885. The van der Waals surface area contributed by atoms with Crippen LogP contribution in [0.15, 0.2) is 18.2 Å². The van der Waals surface area contributed by atoms with Gasteiger partial charge in [0.15, 0.2) is 11.5 Å². The Morgan fingerprint density at radius 3 is 2.79 bits per heavy atom. The highest BCUT2D eigenvalue weighted by molar-refractivity contribution is 5.48. The summed E-state index contributed by atoms with van der Waals surface area (Å²) in [7, 11) is 3.44. The van der Waals surface area contributed by atoms with Crippen LogP contribution in [0.25, 0.3) is 0 Å². The molecule has 2 rings (SSSR count). The lowest BCUT2D eigenvalue weighted by Gasteiger charge is -2.33. The molecule has 0 radical (unpaired) electrons. The van der Waals surface area contributed by atoms with Crippen molar-refractivity contribution in [2.45, 2.75) is 32.1 Å². The van der Waals surface area contributed by atoms with Crippen LogP contribution in [0.5, 0.6) is 11.5 Å². The molecule has 106 valence electrons. The molecule has 1 aliphatic heterocycles. The normalized spacial score (nSPS) is 23.1. The number of hydrogen-bond donors (Lipinski definition) is 1. The van der Waals surface area contributed by atoms with Crippen LogP contribution in [0.1, 0.15) is 37.7 Å². The van der Waals surface area contributed by atoms with E-state index in [-0.39, 0.29) is 0 Å². The first-order chi connectivity index (χ1) is 9.31. The molecule has 0 amide bonds. The number of benzene rings is 1. The summed E-state index contributed by atoms with van der Waals surface area (Å²) in [6, 6.07) is 6.24. The van der Waals surface area contributed by atoms with Crippen molar-refractivity contribution >= 4 is 0 Å². The van der Waals surface area contributed by atoms with Gasteiger partial charge in [0.1, 0.15) is 0 Å². The van der Waals surface area contributed by atoms with Crippen molar-refractivity contribution < 1.29 is 9.47 Å². The molecular formula is C16H25NO2. The van der Waals surface area contributed by atoms with Crippen LogP contribution in [-0.2, 0) is 0 Å². The van der Waals surface area contributed by atoms with Gasteiger partial charge in [-0.15, -0.1) is 0 Å². The highest BCUT2D eigenvalue weighted by Gasteiger charge is 2.28. The summed E-state index contributed by atoms with van der Waals surface area (Å²) in [5, 5.41) is 3.51. The molecule has 2 atom stereocenters. The van der Waals surface area contributed by atoms with Crippen LogP contribution in [0.2, 0.25) is 0 Å². The summed E-state index contributed by atoms with van der Waals surface area (Å²) in [5.41, 5.74) is 1.31. The van der Waals surface area contributed by atoms with Gasteiger partial charge in [0, 0.05) is 5.56 Å². The van der Waals surface area contributed by atoms with Gasteiger partial charge < -0.3 is 14.8 Å². The minimum Gasteiger partial charge on any atom is -0.493 e. The molecule has 0 spiro atoms. The number of nitrogens with one attached hydrogen (secondary N) is 1. The van der Waals surface area contributed by atoms with E-state index >= 15 is 0 Å². The lowest BCUT2D eigenvalue weighted by Crippen LogP contribution is -2.35. The van der Waals surface area contributed by atoms with Gasteiger partial charge in [-0.05, 0) is 43.8 Å². The molecule has 1 heterocycles. The lowest BCUT2D eigenvalue weighted by molar-refractivity contribution is 0.292. The van der Waals surface area contributed by atoms with Gasteiger partial charge >= 0.3 is 0 Å². The summed E-state index contributed by atoms with van der Waals surface area (Å²) in [6.45, 7) is 4.46. The smallest absolute Gasteiger partial charge is 0.164 e. The van der Waals surface area contributed by atoms with Crippen molar-refractivity contribution in [1.82, 2.24) is 5.32 Å². The van der Waals surface area contributed by atoms with Gasteiger partial charge in [0.25, 0.3) is 0 Å². The van der Waals surface area contributed by atoms with Crippen molar-refractivity contribution in [2.75, 3.05) is 27.3 Å². The zero-order chi connectivity index (χ0) is 13.7. The predicted octanol–water partition coefficient (Wildman–Crippen LogP) is 3.20. The fraction of sp³-hybridized carbons (Fsp3) is 0.625. The van der Waals surface area contributed by atoms with Crippen molar-refractivity contribution in [3.05, 3.63) is 23.8 Å². The third-order valence-corrected chi connectivity index (χ3v) is 4.10. The molecule has 1 aromatic rings. The summed E-state index contributed by atoms with van der Waals surface area (Å²) in [5.74, 6) is 3.03. The summed E-state index contributed by atoms with van der Waals surface area (Å²) in [4.78, 5) is 0. The van der Waals surface area contributed by atoms with E-state index in [4.69, 9.17) is 9.47 Å². The van der Waals surface area contributed by atoms with Crippen LogP contribution in [-0.4, -0.2) is 27.3 Å². The van der Waals surface area contributed by atoms with E-state index < -0.39 is 0 Å². The van der Waals surface area contributed by atoms with Crippen LogP contribution >= 0.6 is 0 Å². The summed E-state index contributed by atoms with van der Waals surface area (Å²) in [6.07, 6.45) is 3.67. The second kappa shape index (κ2) is 6.80. The van der Waals surface area contributed by atoms with E-state index in [1.54, 1.807) is 14.2 Å². The first-order valence-electron chi connectivity index (χ1n) is 7.23. The zero-order valence-corrected chi connectivity index (χ0v) is 12.2. The Bertz CT molecular complexity index is 404. The summed E-state index contributed by atoms with van der Waals surface area (Å²) >= 11 is 0. The van der Waals surface area contributed by atoms with Gasteiger partial charge in [0.2, 0.25) is 0 Å². The number of rotatable bonds is 5. The maximum absolute atomic E-state index is 5.60. The Hall–Kier alpha value is -1.22. The van der Waals surface area contributed by atoms with E-state index in [9.17, 15) is 0 Å². The highest BCUT2D eigenvalue weighted by Crippen LogP contribution is 2.41. The van der Waals surface area contributed by atoms with Crippen molar-refractivity contribution in [3.8, 4) is 11.5 Å². The molecule has 1 aromatic carbocycles. The fourth-order valence-electron chi connectivity index (χ4n) is 3.21. The largest absolute Gasteiger partial charge is 0.493 e. The topological polar surface area (TPSA) is 30.5 Å². The monoisotopic (exact) mass is 263 g/mol. The lowest BCUT2D eigenvalue weighted by atomic mass is 9.78. The number of hydrogen-bond acceptors (Lipinski definition) is 3. The van der Waals surface area contributed by atoms with Crippen molar-refractivity contribution in [3.63, 3.8) is 0 Å². The van der Waals surface area contributed by atoms with E-state index in [0.29, 0.717) is 11.8 Å².